The average molecular weight is 517 g/mol. The minimum atomic E-state index is -0.222. The number of pyridine rings is 1. The molecular formula is C21H15Br2N3O3. The zero-order chi connectivity index (χ0) is 20.4. The van der Waals surface area contributed by atoms with Crippen molar-refractivity contribution in [2.45, 2.75) is 6.61 Å². The third kappa shape index (κ3) is 3.90. The van der Waals surface area contributed by atoms with Crippen molar-refractivity contribution in [2.75, 3.05) is 7.11 Å². The molecule has 0 fully saturated rings. The van der Waals surface area contributed by atoms with Crippen molar-refractivity contribution in [1.82, 2.24) is 14.5 Å². The van der Waals surface area contributed by atoms with Gasteiger partial charge in [-0.2, -0.15) is 0 Å². The van der Waals surface area contributed by atoms with E-state index in [1.807, 2.05) is 24.3 Å². The summed E-state index contributed by atoms with van der Waals surface area (Å²) in [6.07, 6.45) is 1.63. The summed E-state index contributed by atoms with van der Waals surface area (Å²) >= 11 is 6.92. The van der Waals surface area contributed by atoms with Crippen LogP contribution in [0.15, 0.2) is 74.5 Å². The number of para-hydroxylation sites is 2. The molecule has 2 heterocycles. The summed E-state index contributed by atoms with van der Waals surface area (Å²) in [5.74, 6) is 2.08. The van der Waals surface area contributed by atoms with Crippen LogP contribution in [-0.2, 0) is 6.61 Å². The Morgan fingerprint density at radius 3 is 2.45 bits per heavy atom. The predicted octanol–water partition coefficient (Wildman–Crippen LogP) is 4.89. The molecule has 29 heavy (non-hydrogen) atoms. The minimum Gasteiger partial charge on any atom is -0.493 e. The van der Waals surface area contributed by atoms with E-state index in [1.165, 1.54) is 4.57 Å². The van der Waals surface area contributed by atoms with E-state index in [0.717, 1.165) is 8.95 Å². The van der Waals surface area contributed by atoms with Crippen LogP contribution >= 0.6 is 31.9 Å². The molecule has 4 rings (SSSR count). The smallest absolute Gasteiger partial charge is 0.267 e. The molecule has 0 aliphatic heterocycles. The summed E-state index contributed by atoms with van der Waals surface area (Å²) in [5, 5.41) is 0.478. The predicted molar refractivity (Wildman–Crippen MR) is 118 cm³/mol. The topological polar surface area (TPSA) is 66.2 Å². The van der Waals surface area contributed by atoms with Crippen LogP contribution in [0.1, 0.15) is 5.82 Å². The van der Waals surface area contributed by atoms with Gasteiger partial charge in [0.1, 0.15) is 12.4 Å². The number of halogens is 2. The fourth-order valence-electron chi connectivity index (χ4n) is 2.93. The number of benzene rings is 2. The van der Waals surface area contributed by atoms with E-state index in [1.54, 1.807) is 43.6 Å². The first-order valence-electron chi connectivity index (χ1n) is 8.66. The van der Waals surface area contributed by atoms with Crippen LogP contribution in [0, 0.1) is 0 Å². The highest BCUT2D eigenvalue weighted by Gasteiger charge is 2.16. The first-order valence-corrected chi connectivity index (χ1v) is 10.2. The molecule has 0 spiro atoms. The molecule has 0 bridgehead atoms. The van der Waals surface area contributed by atoms with Crippen molar-refractivity contribution < 1.29 is 9.47 Å². The molecule has 2 aromatic carbocycles. The molecule has 146 valence electrons. The zero-order valence-electron chi connectivity index (χ0n) is 15.3. The Kier molecular flexibility index (Phi) is 5.64. The molecule has 0 atom stereocenters. The Balaban J connectivity index is 1.87. The minimum absolute atomic E-state index is 0.0653. The molecule has 6 nitrogen and oxygen atoms in total. The van der Waals surface area contributed by atoms with E-state index < -0.39 is 0 Å². The van der Waals surface area contributed by atoms with Crippen LogP contribution < -0.4 is 15.0 Å². The highest BCUT2D eigenvalue weighted by atomic mass is 79.9. The number of rotatable bonds is 5. The zero-order valence-corrected chi connectivity index (χ0v) is 18.5. The summed E-state index contributed by atoms with van der Waals surface area (Å²) < 4.78 is 14.3. The van der Waals surface area contributed by atoms with Gasteiger partial charge in [-0.15, -0.1) is 0 Å². The Hall–Kier alpha value is -2.71. The Labute approximate surface area is 183 Å². The number of nitrogens with zero attached hydrogens (tertiary/aromatic N) is 3. The molecule has 0 saturated heterocycles. The third-order valence-corrected chi connectivity index (χ3v) is 6.13. The van der Waals surface area contributed by atoms with Crippen LogP contribution in [0.4, 0.5) is 0 Å². The molecule has 2 aromatic heterocycles. The second kappa shape index (κ2) is 8.34. The van der Waals surface area contributed by atoms with Gasteiger partial charge in [0.15, 0.2) is 17.3 Å². The number of aromatic nitrogens is 3. The van der Waals surface area contributed by atoms with Crippen LogP contribution in [0.3, 0.4) is 0 Å². The summed E-state index contributed by atoms with van der Waals surface area (Å²) in [6.45, 7) is 0.0653. The lowest BCUT2D eigenvalue weighted by Crippen LogP contribution is -2.25. The van der Waals surface area contributed by atoms with Crippen molar-refractivity contribution in [2.24, 2.45) is 0 Å². The van der Waals surface area contributed by atoms with Crippen molar-refractivity contribution in [1.29, 1.82) is 0 Å². The van der Waals surface area contributed by atoms with Crippen LogP contribution in [0.25, 0.3) is 16.7 Å². The lowest BCUT2D eigenvalue weighted by molar-refractivity contribution is 0.273. The Bertz CT molecular complexity index is 1240. The van der Waals surface area contributed by atoms with E-state index >= 15 is 0 Å². The molecule has 0 unspecified atom stereocenters. The first kappa shape index (κ1) is 19.6. The molecule has 0 radical (unpaired) electrons. The van der Waals surface area contributed by atoms with Crippen LogP contribution in [-0.4, -0.2) is 21.6 Å². The molecule has 0 aliphatic rings. The summed E-state index contributed by atoms with van der Waals surface area (Å²) in [5.41, 5.74) is 0.344. The number of ether oxygens (including phenoxy) is 2. The fraction of sp³-hybridized carbons (Fsp3) is 0.0952. The highest BCUT2D eigenvalue weighted by molar-refractivity contribution is 9.13. The van der Waals surface area contributed by atoms with Crippen molar-refractivity contribution in [3.8, 4) is 17.3 Å². The summed E-state index contributed by atoms with van der Waals surface area (Å²) in [7, 11) is 1.58. The largest absolute Gasteiger partial charge is 0.493 e. The van der Waals surface area contributed by atoms with Gasteiger partial charge in [-0.3, -0.25) is 4.79 Å². The maximum absolute atomic E-state index is 13.3. The van der Waals surface area contributed by atoms with Crippen molar-refractivity contribution in [3.05, 3.63) is 85.9 Å². The standard InChI is InChI=1S/C21H15Br2N3O3/c1-28-17-6-2-3-7-18(17)29-12-20-25-16-11-15(23)14(22)10-13(16)21(27)26(20)19-8-4-5-9-24-19/h2-11H,12H2,1H3. The molecule has 8 heteroatoms. The average Bonchev–Trinajstić information content (AvgIpc) is 2.74. The molecule has 0 amide bonds. The maximum atomic E-state index is 13.3. The molecule has 0 saturated carbocycles. The van der Waals surface area contributed by atoms with Crippen molar-refractivity contribution in [3.63, 3.8) is 0 Å². The number of fused-ring (bicyclic) bond motifs is 1. The molecule has 0 aliphatic carbocycles. The van der Waals surface area contributed by atoms with Crippen LogP contribution in [0.2, 0.25) is 0 Å². The van der Waals surface area contributed by atoms with Gasteiger partial charge in [0.2, 0.25) is 0 Å². The van der Waals surface area contributed by atoms with E-state index in [9.17, 15) is 4.79 Å². The third-order valence-electron chi connectivity index (χ3n) is 4.28. The Morgan fingerprint density at radius 1 is 1.00 bits per heavy atom. The second-order valence-corrected chi connectivity index (χ2v) is 7.79. The normalized spacial score (nSPS) is 10.9. The highest BCUT2D eigenvalue weighted by Crippen LogP contribution is 2.28. The van der Waals surface area contributed by atoms with Gasteiger partial charge in [0.25, 0.3) is 5.56 Å². The SMILES string of the molecule is COc1ccccc1OCc1nc2cc(Br)c(Br)cc2c(=O)n1-c1ccccn1. The Morgan fingerprint density at radius 2 is 1.72 bits per heavy atom. The fourth-order valence-corrected chi connectivity index (χ4v) is 3.60. The second-order valence-electron chi connectivity index (χ2n) is 6.08. The summed E-state index contributed by atoms with van der Waals surface area (Å²) in [4.78, 5) is 22.3. The van der Waals surface area contributed by atoms with Gasteiger partial charge in [-0.1, -0.05) is 18.2 Å². The maximum Gasteiger partial charge on any atom is 0.267 e. The summed E-state index contributed by atoms with van der Waals surface area (Å²) in [6, 6.07) is 16.2. The monoisotopic (exact) mass is 515 g/mol. The van der Waals surface area contributed by atoms with E-state index in [-0.39, 0.29) is 12.2 Å². The van der Waals surface area contributed by atoms with Gasteiger partial charge in [0, 0.05) is 15.1 Å². The van der Waals surface area contributed by atoms with Gasteiger partial charge in [0.05, 0.1) is 18.0 Å². The quantitative estimate of drug-likeness (QED) is 0.377. The van der Waals surface area contributed by atoms with E-state index in [0.29, 0.717) is 34.0 Å². The van der Waals surface area contributed by atoms with Crippen LogP contribution in [0.5, 0.6) is 11.5 Å². The van der Waals surface area contributed by atoms with Gasteiger partial charge in [-0.05, 0) is 68.3 Å². The number of methoxy groups -OCH3 is 1. The lowest BCUT2D eigenvalue weighted by Gasteiger charge is -2.15. The molecular weight excluding hydrogens is 502 g/mol. The van der Waals surface area contributed by atoms with Gasteiger partial charge in [-0.25, -0.2) is 14.5 Å². The first-order chi connectivity index (χ1) is 14.1. The number of hydrogen-bond donors (Lipinski definition) is 0. The van der Waals surface area contributed by atoms with Gasteiger partial charge < -0.3 is 9.47 Å². The van der Waals surface area contributed by atoms with E-state index in [4.69, 9.17) is 14.5 Å². The molecule has 0 N–H and O–H groups in total. The number of hydrogen-bond acceptors (Lipinski definition) is 5. The molecule has 4 aromatic rings. The van der Waals surface area contributed by atoms with E-state index in [2.05, 4.69) is 36.8 Å². The van der Waals surface area contributed by atoms with Gasteiger partial charge >= 0.3 is 0 Å². The van der Waals surface area contributed by atoms with Crippen molar-refractivity contribution >= 4 is 42.8 Å². The lowest BCUT2D eigenvalue weighted by atomic mass is 10.2.